The quantitative estimate of drug-likeness (QED) is 0.313. The molecule has 0 saturated heterocycles. The van der Waals surface area contributed by atoms with Gasteiger partial charge in [0.05, 0.1) is 10.7 Å². The second-order valence-corrected chi connectivity index (χ2v) is 8.73. The largest absolute Gasteiger partial charge is 0.461 e. The van der Waals surface area contributed by atoms with E-state index in [4.69, 9.17) is 17.3 Å². The number of amides is 3. The Morgan fingerprint density at radius 1 is 1.11 bits per heavy atom. The number of urea groups is 1. The van der Waals surface area contributed by atoms with Gasteiger partial charge >= 0.3 is 18.6 Å². The zero-order valence-corrected chi connectivity index (χ0v) is 20.5. The highest BCUT2D eigenvalue weighted by Gasteiger charge is 2.45. The standard InChI is InChI=1S/C25H22ClF5N4O3/c1-14(21(32)36)34-23(37)35-24(12-15-5-3-2-4-6-15,20-8-7-17(26)13-33-20)16-9-18(27)11-19(10-16)38-25(30,31)22(28)29/h2-11,13-14,22H,12H2,1H3,(H2,32,36)(H2,34,35,37)/t14?,24-/m0/s1. The fourth-order valence-corrected chi connectivity index (χ4v) is 3.73. The molecule has 0 aliphatic heterocycles. The Morgan fingerprint density at radius 2 is 1.79 bits per heavy atom. The normalized spacial score (nSPS) is 13.9. The molecule has 3 aromatic rings. The fourth-order valence-electron chi connectivity index (χ4n) is 3.62. The summed E-state index contributed by atoms with van der Waals surface area (Å²) in [6.07, 6.45) is -8.01. The summed E-state index contributed by atoms with van der Waals surface area (Å²) in [4.78, 5) is 28.8. The van der Waals surface area contributed by atoms with E-state index in [1.807, 2.05) is 0 Å². The van der Waals surface area contributed by atoms with E-state index in [0.717, 1.165) is 12.1 Å². The number of nitrogens with one attached hydrogen (secondary N) is 2. The summed E-state index contributed by atoms with van der Waals surface area (Å²) >= 11 is 5.98. The first-order chi connectivity index (χ1) is 17.8. The smallest absolute Gasteiger partial charge is 0.428 e. The molecule has 202 valence electrons. The Bertz CT molecular complexity index is 1280. The summed E-state index contributed by atoms with van der Waals surface area (Å²) in [5.74, 6) is -2.90. The van der Waals surface area contributed by atoms with E-state index in [2.05, 4.69) is 20.4 Å². The number of ether oxygens (including phenoxy) is 1. The van der Waals surface area contributed by atoms with Crippen molar-refractivity contribution in [2.45, 2.75) is 37.5 Å². The molecule has 0 bridgehead atoms. The van der Waals surface area contributed by atoms with E-state index in [1.54, 1.807) is 30.3 Å². The van der Waals surface area contributed by atoms with Crippen molar-refractivity contribution in [1.29, 1.82) is 0 Å². The van der Waals surface area contributed by atoms with Crippen LogP contribution in [0.25, 0.3) is 0 Å². The highest BCUT2D eigenvalue weighted by atomic mass is 35.5. The highest BCUT2D eigenvalue weighted by Crippen LogP contribution is 2.37. The Kier molecular flexibility index (Phi) is 8.77. The molecule has 0 aliphatic rings. The number of primary amides is 1. The van der Waals surface area contributed by atoms with Crippen molar-refractivity contribution in [3.05, 3.63) is 94.5 Å². The Morgan fingerprint density at radius 3 is 2.37 bits per heavy atom. The molecule has 13 heteroatoms. The second-order valence-electron chi connectivity index (χ2n) is 8.29. The third-order valence-electron chi connectivity index (χ3n) is 5.45. The van der Waals surface area contributed by atoms with Gasteiger partial charge in [-0.3, -0.25) is 9.78 Å². The molecule has 0 aliphatic carbocycles. The average Bonchev–Trinajstić information content (AvgIpc) is 2.83. The molecule has 2 atom stereocenters. The number of nitrogens with zero attached hydrogens (tertiary/aromatic N) is 1. The summed E-state index contributed by atoms with van der Waals surface area (Å²) < 4.78 is 71.9. The van der Waals surface area contributed by atoms with E-state index < -0.39 is 47.6 Å². The maximum Gasteiger partial charge on any atom is 0.461 e. The lowest BCUT2D eigenvalue weighted by Crippen LogP contribution is -2.55. The second kappa shape index (κ2) is 11.6. The first-order valence-electron chi connectivity index (χ1n) is 11.0. The monoisotopic (exact) mass is 556 g/mol. The molecule has 1 heterocycles. The van der Waals surface area contributed by atoms with Crippen molar-refractivity contribution in [3.63, 3.8) is 0 Å². The van der Waals surface area contributed by atoms with Crippen LogP contribution in [0.4, 0.5) is 26.7 Å². The molecule has 0 spiro atoms. The van der Waals surface area contributed by atoms with Crippen molar-refractivity contribution in [3.8, 4) is 5.75 Å². The lowest BCUT2D eigenvalue weighted by Gasteiger charge is -2.36. The van der Waals surface area contributed by atoms with Gasteiger partial charge in [0, 0.05) is 18.7 Å². The van der Waals surface area contributed by atoms with Gasteiger partial charge in [0.1, 0.15) is 23.1 Å². The van der Waals surface area contributed by atoms with Gasteiger partial charge in [0.15, 0.2) is 0 Å². The molecule has 7 nitrogen and oxygen atoms in total. The predicted octanol–water partition coefficient (Wildman–Crippen LogP) is 4.77. The summed E-state index contributed by atoms with van der Waals surface area (Å²) in [5, 5.41) is 5.18. The number of pyridine rings is 1. The van der Waals surface area contributed by atoms with E-state index in [-0.39, 0.29) is 22.7 Å². The Labute approximate surface area is 219 Å². The molecule has 1 unspecified atom stereocenters. The Balaban J connectivity index is 2.24. The lowest BCUT2D eigenvalue weighted by atomic mass is 9.80. The zero-order chi connectivity index (χ0) is 28.1. The minimum atomic E-state index is -4.92. The molecule has 0 radical (unpaired) electrons. The molecule has 0 fully saturated rings. The van der Waals surface area contributed by atoms with E-state index in [0.29, 0.717) is 11.6 Å². The third-order valence-corrected chi connectivity index (χ3v) is 5.67. The maximum atomic E-state index is 14.8. The Hall–Kier alpha value is -3.93. The van der Waals surface area contributed by atoms with Crippen LogP contribution in [0.3, 0.4) is 0 Å². The van der Waals surface area contributed by atoms with Crippen LogP contribution in [0.1, 0.15) is 23.7 Å². The number of carbonyl (C=O) groups is 2. The number of aromatic nitrogens is 1. The number of alkyl halides is 4. The maximum absolute atomic E-state index is 14.8. The van der Waals surface area contributed by atoms with Crippen molar-refractivity contribution < 1.29 is 36.3 Å². The number of hydrogen-bond donors (Lipinski definition) is 3. The van der Waals surface area contributed by atoms with Gasteiger partial charge in [-0.05, 0) is 42.3 Å². The van der Waals surface area contributed by atoms with Gasteiger partial charge in [-0.2, -0.15) is 17.6 Å². The van der Waals surface area contributed by atoms with Crippen LogP contribution >= 0.6 is 11.6 Å². The van der Waals surface area contributed by atoms with E-state index in [9.17, 15) is 31.5 Å². The minimum Gasteiger partial charge on any atom is -0.428 e. The van der Waals surface area contributed by atoms with Crippen LogP contribution in [0.2, 0.25) is 5.02 Å². The van der Waals surface area contributed by atoms with Gasteiger partial charge < -0.3 is 21.1 Å². The van der Waals surface area contributed by atoms with Crippen molar-refractivity contribution >= 4 is 23.5 Å². The molecule has 4 N–H and O–H groups in total. The number of nitrogens with two attached hydrogens (primary N) is 1. The molecular weight excluding hydrogens is 535 g/mol. The highest BCUT2D eigenvalue weighted by molar-refractivity contribution is 6.30. The predicted molar refractivity (Wildman–Crippen MR) is 128 cm³/mol. The van der Waals surface area contributed by atoms with E-state index >= 15 is 0 Å². The SMILES string of the molecule is CC(NC(=O)N[C@@](Cc1ccccc1)(c1cc(F)cc(OC(F)(F)C(F)F)c1)c1ccc(Cl)cn1)C(N)=O. The first-order valence-corrected chi connectivity index (χ1v) is 11.4. The van der Waals surface area contributed by atoms with Crippen LogP contribution in [0, 0.1) is 5.82 Å². The fraction of sp³-hybridized carbons (Fsp3) is 0.240. The van der Waals surface area contributed by atoms with Crippen molar-refractivity contribution in [2.24, 2.45) is 5.73 Å². The van der Waals surface area contributed by atoms with Crippen molar-refractivity contribution in [2.75, 3.05) is 0 Å². The molecule has 0 saturated carbocycles. The van der Waals surface area contributed by atoms with Crippen LogP contribution in [0.15, 0.2) is 66.9 Å². The molecule has 3 amide bonds. The number of benzene rings is 2. The van der Waals surface area contributed by atoms with Gasteiger partial charge in [-0.25, -0.2) is 9.18 Å². The first kappa shape index (κ1) is 28.6. The van der Waals surface area contributed by atoms with Crippen LogP contribution in [0.5, 0.6) is 5.75 Å². The molecule has 2 aromatic carbocycles. The summed E-state index contributed by atoms with van der Waals surface area (Å²) in [7, 11) is 0. The summed E-state index contributed by atoms with van der Waals surface area (Å²) in [6.45, 7) is 1.32. The van der Waals surface area contributed by atoms with Gasteiger partial charge in [0.2, 0.25) is 5.91 Å². The zero-order valence-electron chi connectivity index (χ0n) is 19.7. The van der Waals surface area contributed by atoms with Crippen LogP contribution < -0.4 is 21.1 Å². The number of rotatable bonds is 10. The molecule has 1 aromatic heterocycles. The van der Waals surface area contributed by atoms with Crippen LogP contribution in [-0.4, -0.2) is 35.5 Å². The molecule has 38 heavy (non-hydrogen) atoms. The van der Waals surface area contributed by atoms with E-state index in [1.165, 1.54) is 25.3 Å². The number of carbonyl (C=O) groups excluding carboxylic acids is 2. The molecule has 3 rings (SSSR count). The van der Waals surface area contributed by atoms with Gasteiger partial charge in [0.25, 0.3) is 0 Å². The third kappa shape index (κ3) is 6.88. The van der Waals surface area contributed by atoms with Gasteiger partial charge in [-0.1, -0.05) is 41.9 Å². The lowest BCUT2D eigenvalue weighted by molar-refractivity contribution is -0.253. The van der Waals surface area contributed by atoms with Crippen LogP contribution in [-0.2, 0) is 16.8 Å². The average molecular weight is 557 g/mol. The molecular formula is C25H22ClF5N4O3. The minimum absolute atomic E-state index is 0.0739. The summed E-state index contributed by atoms with van der Waals surface area (Å²) in [5.41, 5.74) is 3.89. The van der Waals surface area contributed by atoms with Crippen molar-refractivity contribution in [1.82, 2.24) is 15.6 Å². The number of hydrogen-bond acceptors (Lipinski definition) is 4. The summed E-state index contributed by atoms with van der Waals surface area (Å²) in [6, 6.07) is 11.5. The number of halogens is 6. The topological polar surface area (TPSA) is 106 Å². The van der Waals surface area contributed by atoms with Gasteiger partial charge in [-0.15, -0.1) is 0 Å².